The molecular formula is C11H10FN5. The number of nitrogen functional groups attached to an aromatic ring is 1. The van der Waals surface area contributed by atoms with Crippen molar-refractivity contribution in [2.75, 3.05) is 5.73 Å². The van der Waals surface area contributed by atoms with Gasteiger partial charge in [0, 0.05) is 19.2 Å². The minimum atomic E-state index is -0.305. The summed E-state index contributed by atoms with van der Waals surface area (Å²) < 4.78 is 14.7. The molecule has 0 aliphatic rings. The van der Waals surface area contributed by atoms with E-state index in [1.807, 2.05) is 0 Å². The molecule has 2 aromatic heterocycles. The van der Waals surface area contributed by atoms with Crippen LogP contribution in [0.1, 0.15) is 0 Å². The first-order chi connectivity index (χ1) is 8.13. The first kappa shape index (κ1) is 9.83. The number of halogens is 1. The maximum absolute atomic E-state index is 13.0. The minimum absolute atomic E-state index is 0.305. The Kier molecular flexibility index (Phi) is 1.91. The number of nitrogens with two attached hydrogens (primary N) is 1. The van der Waals surface area contributed by atoms with Crippen LogP contribution >= 0.6 is 0 Å². The number of aromatic amines is 1. The van der Waals surface area contributed by atoms with E-state index in [1.54, 1.807) is 23.9 Å². The zero-order valence-corrected chi connectivity index (χ0v) is 9.11. The number of imidazole rings is 1. The van der Waals surface area contributed by atoms with Crippen LogP contribution in [0.4, 0.5) is 10.2 Å². The van der Waals surface area contributed by atoms with Crippen LogP contribution in [0.25, 0.3) is 22.6 Å². The average Bonchev–Trinajstić information content (AvgIpc) is 2.80. The van der Waals surface area contributed by atoms with Crippen molar-refractivity contribution in [2.45, 2.75) is 0 Å². The van der Waals surface area contributed by atoms with E-state index in [4.69, 9.17) is 5.73 Å². The Hall–Kier alpha value is -2.37. The number of aryl methyl sites for hydroxylation is 1. The SMILES string of the molecule is Cn1nc(N)cc1-c1nc2cc(F)ccc2[nH]1. The molecule has 0 bridgehead atoms. The van der Waals surface area contributed by atoms with E-state index in [1.165, 1.54) is 12.1 Å². The number of fused-ring (bicyclic) bond motifs is 1. The van der Waals surface area contributed by atoms with Gasteiger partial charge in [-0.1, -0.05) is 0 Å². The number of hydrogen-bond donors (Lipinski definition) is 2. The van der Waals surface area contributed by atoms with Gasteiger partial charge in [-0.2, -0.15) is 5.10 Å². The topological polar surface area (TPSA) is 72.5 Å². The summed E-state index contributed by atoms with van der Waals surface area (Å²) in [5.74, 6) is 0.742. The third-order valence-electron chi connectivity index (χ3n) is 2.59. The Labute approximate surface area is 96.1 Å². The van der Waals surface area contributed by atoms with Crippen molar-refractivity contribution >= 4 is 16.9 Å². The molecule has 5 nitrogen and oxygen atoms in total. The molecule has 1 aromatic carbocycles. The van der Waals surface area contributed by atoms with Crippen molar-refractivity contribution in [2.24, 2.45) is 7.05 Å². The van der Waals surface area contributed by atoms with Gasteiger partial charge in [0.15, 0.2) is 5.82 Å². The average molecular weight is 231 g/mol. The summed E-state index contributed by atoms with van der Waals surface area (Å²) >= 11 is 0. The molecule has 0 fully saturated rings. The molecule has 3 rings (SSSR count). The third-order valence-corrected chi connectivity index (χ3v) is 2.59. The smallest absolute Gasteiger partial charge is 0.156 e. The Balaban J connectivity index is 2.21. The summed E-state index contributed by atoms with van der Waals surface area (Å²) in [6, 6.07) is 6.14. The lowest BCUT2D eigenvalue weighted by Crippen LogP contribution is -1.95. The Morgan fingerprint density at radius 2 is 2.18 bits per heavy atom. The van der Waals surface area contributed by atoms with Crippen LogP contribution in [0, 0.1) is 5.82 Å². The van der Waals surface area contributed by atoms with E-state index >= 15 is 0 Å². The molecule has 3 N–H and O–H groups in total. The molecule has 0 amide bonds. The van der Waals surface area contributed by atoms with Crippen LogP contribution in [0.15, 0.2) is 24.3 Å². The highest BCUT2D eigenvalue weighted by atomic mass is 19.1. The van der Waals surface area contributed by atoms with Gasteiger partial charge in [-0.15, -0.1) is 0 Å². The highest BCUT2D eigenvalue weighted by Crippen LogP contribution is 2.21. The highest BCUT2D eigenvalue weighted by Gasteiger charge is 2.10. The number of nitrogens with one attached hydrogen (secondary N) is 1. The van der Waals surface area contributed by atoms with Gasteiger partial charge in [0.1, 0.15) is 17.3 Å². The molecule has 0 aliphatic heterocycles. The van der Waals surface area contributed by atoms with Gasteiger partial charge >= 0.3 is 0 Å². The third kappa shape index (κ3) is 1.54. The van der Waals surface area contributed by atoms with E-state index < -0.39 is 0 Å². The van der Waals surface area contributed by atoms with Gasteiger partial charge in [-0.25, -0.2) is 9.37 Å². The van der Waals surface area contributed by atoms with Crippen molar-refractivity contribution in [3.8, 4) is 11.5 Å². The number of anilines is 1. The molecule has 2 heterocycles. The summed E-state index contributed by atoms with van der Waals surface area (Å²) in [7, 11) is 1.78. The summed E-state index contributed by atoms with van der Waals surface area (Å²) in [6.45, 7) is 0. The second-order valence-corrected chi connectivity index (χ2v) is 3.82. The number of H-pyrrole nitrogens is 1. The van der Waals surface area contributed by atoms with E-state index in [9.17, 15) is 4.39 Å². The van der Waals surface area contributed by atoms with Gasteiger partial charge in [0.25, 0.3) is 0 Å². The second kappa shape index (κ2) is 3.31. The quantitative estimate of drug-likeness (QED) is 0.669. The lowest BCUT2D eigenvalue weighted by Gasteiger charge is -1.94. The molecule has 0 saturated heterocycles. The Bertz CT molecular complexity index is 697. The summed E-state index contributed by atoms with van der Waals surface area (Å²) in [5, 5.41) is 4.04. The highest BCUT2D eigenvalue weighted by molar-refractivity contribution is 5.79. The molecule has 0 unspecified atom stereocenters. The second-order valence-electron chi connectivity index (χ2n) is 3.82. The molecule has 0 spiro atoms. The molecule has 0 saturated carbocycles. The molecule has 17 heavy (non-hydrogen) atoms. The largest absolute Gasteiger partial charge is 0.382 e. The number of hydrogen-bond acceptors (Lipinski definition) is 3. The fourth-order valence-corrected chi connectivity index (χ4v) is 1.81. The van der Waals surface area contributed by atoms with Crippen molar-refractivity contribution in [3.63, 3.8) is 0 Å². The lowest BCUT2D eigenvalue weighted by molar-refractivity contribution is 0.629. The molecule has 0 radical (unpaired) electrons. The normalized spacial score (nSPS) is 11.2. The number of aromatic nitrogens is 4. The Morgan fingerprint density at radius 1 is 1.35 bits per heavy atom. The fraction of sp³-hybridized carbons (Fsp3) is 0.0909. The number of rotatable bonds is 1. The molecular weight excluding hydrogens is 221 g/mol. The molecule has 3 aromatic rings. The van der Waals surface area contributed by atoms with Crippen LogP contribution in [-0.2, 0) is 7.05 Å². The van der Waals surface area contributed by atoms with Crippen LogP contribution < -0.4 is 5.73 Å². The van der Waals surface area contributed by atoms with Gasteiger partial charge in [0.2, 0.25) is 0 Å². The van der Waals surface area contributed by atoms with Crippen molar-refractivity contribution in [3.05, 3.63) is 30.1 Å². The van der Waals surface area contributed by atoms with E-state index in [-0.39, 0.29) is 5.82 Å². The summed E-state index contributed by atoms with van der Waals surface area (Å²) in [6.07, 6.45) is 0. The fourth-order valence-electron chi connectivity index (χ4n) is 1.81. The van der Waals surface area contributed by atoms with Crippen LogP contribution in [-0.4, -0.2) is 19.7 Å². The number of benzene rings is 1. The zero-order chi connectivity index (χ0) is 12.0. The first-order valence-electron chi connectivity index (χ1n) is 5.08. The van der Waals surface area contributed by atoms with Gasteiger partial charge in [-0.05, 0) is 12.1 Å². The lowest BCUT2D eigenvalue weighted by atomic mass is 10.3. The van der Waals surface area contributed by atoms with Crippen LogP contribution in [0.2, 0.25) is 0 Å². The Morgan fingerprint density at radius 3 is 2.88 bits per heavy atom. The summed E-state index contributed by atoms with van der Waals surface area (Å²) in [4.78, 5) is 7.41. The van der Waals surface area contributed by atoms with Crippen molar-refractivity contribution in [1.82, 2.24) is 19.7 Å². The monoisotopic (exact) mass is 231 g/mol. The predicted octanol–water partition coefficient (Wildman–Crippen LogP) is 1.68. The van der Waals surface area contributed by atoms with E-state index in [0.717, 1.165) is 11.2 Å². The standard InChI is InChI=1S/C11H10FN5/c1-17-9(5-10(13)16-17)11-14-7-3-2-6(12)4-8(7)15-11/h2-5H,1H3,(H2,13,16)(H,14,15). The van der Waals surface area contributed by atoms with E-state index in [2.05, 4.69) is 15.1 Å². The van der Waals surface area contributed by atoms with Crippen molar-refractivity contribution in [1.29, 1.82) is 0 Å². The molecule has 6 heteroatoms. The minimum Gasteiger partial charge on any atom is -0.382 e. The van der Waals surface area contributed by atoms with Crippen molar-refractivity contribution < 1.29 is 4.39 Å². The first-order valence-corrected chi connectivity index (χ1v) is 5.08. The predicted molar refractivity (Wildman–Crippen MR) is 62.7 cm³/mol. The van der Waals surface area contributed by atoms with Crippen LogP contribution in [0.3, 0.4) is 0 Å². The molecule has 0 atom stereocenters. The van der Waals surface area contributed by atoms with E-state index in [0.29, 0.717) is 17.2 Å². The molecule has 0 aliphatic carbocycles. The maximum Gasteiger partial charge on any atom is 0.156 e. The van der Waals surface area contributed by atoms with Crippen LogP contribution in [0.5, 0.6) is 0 Å². The van der Waals surface area contributed by atoms with Gasteiger partial charge in [-0.3, -0.25) is 4.68 Å². The number of nitrogens with zero attached hydrogens (tertiary/aromatic N) is 3. The zero-order valence-electron chi connectivity index (χ0n) is 9.11. The van der Waals surface area contributed by atoms with Gasteiger partial charge in [0.05, 0.1) is 11.0 Å². The maximum atomic E-state index is 13.0. The molecule has 86 valence electrons. The summed E-state index contributed by atoms with van der Waals surface area (Å²) in [5.41, 5.74) is 7.73. The van der Waals surface area contributed by atoms with Gasteiger partial charge < -0.3 is 10.7 Å².